The molecule has 21 heavy (non-hydrogen) atoms. The van der Waals surface area contributed by atoms with Crippen LogP contribution in [0.5, 0.6) is 0 Å². The maximum Gasteiger partial charge on any atom is 0.192 e. The first kappa shape index (κ1) is 18.0. The number of hydrogen-bond donors (Lipinski definition) is 0. The van der Waals surface area contributed by atoms with Crippen LogP contribution in [-0.2, 0) is 9.16 Å². The van der Waals surface area contributed by atoms with Crippen LogP contribution >= 0.6 is 22.6 Å². The van der Waals surface area contributed by atoms with Gasteiger partial charge in [0.15, 0.2) is 8.32 Å². The molecule has 0 N–H and O–H groups in total. The van der Waals surface area contributed by atoms with Gasteiger partial charge < -0.3 is 9.16 Å². The smallest absolute Gasteiger partial charge is 0.192 e. The minimum absolute atomic E-state index is 0.0521. The van der Waals surface area contributed by atoms with Crippen LogP contribution < -0.4 is 0 Å². The van der Waals surface area contributed by atoms with Crippen molar-refractivity contribution < 1.29 is 9.16 Å². The van der Waals surface area contributed by atoms with Crippen LogP contribution in [0.3, 0.4) is 0 Å². The highest BCUT2D eigenvalue weighted by Crippen LogP contribution is 2.66. The lowest BCUT2D eigenvalue weighted by atomic mass is 9.63. The van der Waals surface area contributed by atoms with E-state index >= 15 is 0 Å². The first-order valence-corrected chi connectivity index (χ1v) is 12.1. The molecule has 2 nitrogen and oxygen atoms in total. The minimum atomic E-state index is -1.72. The molecule has 0 spiro atoms. The molecule has 1 heterocycles. The average Bonchev–Trinajstić information content (AvgIpc) is 2.82. The fourth-order valence-corrected chi connectivity index (χ4v) is 5.67. The molecular weight excluding hydrogens is 391 g/mol. The molecule has 3 atom stereocenters. The predicted molar refractivity (Wildman–Crippen MR) is 100 cm³/mol. The molecule has 1 aliphatic carbocycles. The Labute approximate surface area is 145 Å². The second kappa shape index (κ2) is 5.05. The standard InChI is InChI=1S/C17H31IO2Si/c1-14(2,3)21(7,8)19-13-11-15(4,5)17(9-10-18)16(6,12-13)20-17/h9-10,13H,11-12H2,1-8H3/b10-9-/t13-,16+,17-/m0/s1. The van der Waals surface area contributed by atoms with Crippen LogP contribution in [0, 0.1) is 5.41 Å². The summed E-state index contributed by atoms with van der Waals surface area (Å²) in [4.78, 5) is 0. The van der Waals surface area contributed by atoms with Crippen molar-refractivity contribution in [3.8, 4) is 0 Å². The normalized spacial score (nSPS) is 39.4. The van der Waals surface area contributed by atoms with Gasteiger partial charge in [0.25, 0.3) is 0 Å². The van der Waals surface area contributed by atoms with Crippen molar-refractivity contribution in [3.05, 3.63) is 10.2 Å². The molecule has 0 aromatic rings. The fraction of sp³-hybridized carbons (Fsp3) is 0.882. The molecule has 2 aliphatic rings. The van der Waals surface area contributed by atoms with E-state index in [2.05, 4.69) is 87.4 Å². The van der Waals surface area contributed by atoms with Crippen molar-refractivity contribution in [1.29, 1.82) is 0 Å². The van der Waals surface area contributed by atoms with Crippen LogP contribution in [0.2, 0.25) is 18.1 Å². The third kappa shape index (κ3) is 2.79. The highest BCUT2D eigenvalue weighted by Gasteiger charge is 2.75. The molecule has 0 bridgehead atoms. The molecule has 0 aromatic heterocycles. The molecule has 1 saturated carbocycles. The summed E-state index contributed by atoms with van der Waals surface area (Å²) in [5.41, 5.74) is -0.0212. The van der Waals surface area contributed by atoms with Crippen molar-refractivity contribution in [2.45, 2.75) is 89.8 Å². The second-order valence-electron chi connectivity index (χ2n) is 9.15. The van der Waals surface area contributed by atoms with Gasteiger partial charge in [-0.25, -0.2) is 0 Å². The monoisotopic (exact) mass is 422 g/mol. The first-order chi connectivity index (χ1) is 9.30. The van der Waals surface area contributed by atoms with Crippen LogP contribution in [0.15, 0.2) is 10.2 Å². The third-order valence-corrected chi connectivity index (χ3v) is 11.0. The lowest BCUT2D eigenvalue weighted by Crippen LogP contribution is -2.51. The topological polar surface area (TPSA) is 21.8 Å². The molecule has 4 heteroatoms. The maximum atomic E-state index is 6.70. The summed E-state index contributed by atoms with van der Waals surface area (Å²) in [6.45, 7) is 18.5. The highest BCUT2D eigenvalue weighted by atomic mass is 127. The molecule has 0 aromatic carbocycles. The van der Waals surface area contributed by atoms with Gasteiger partial charge in [0, 0.05) is 17.9 Å². The van der Waals surface area contributed by atoms with Crippen molar-refractivity contribution in [2.24, 2.45) is 5.41 Å². The van der Waals surface area contributed by atoms with Gasteiger partial charge in [-0.05, 0) is 41.6 Å². The Morgan fingerprint density at radius 2 is 1.76 bits per heavy atom. The van der Waals surface area contributed by atoms with Crippen LogP contribution in [0.1, 0.15) is 54.4 Å². The van der Waals surface area contributed by atoms with E-state index in [4.69, 9.17) is 9.16 Å². The zero-order valence-corrected chi connectivity index (χ0v) is 18.0. The zero-order valence-electron chi connectivity index (χ0n) is 14.8. The minimum Gasteiger partial charge on any atom is -0.414 e. The second-order valence-corrected chi connectivity index (χ2v) is 14.6. The number of epoxide rings is 1. The molecule has 122 valence electrons. The lowest BCUT2D eigenvalue weighted by Gasteiger charge is -2.45. The highest BCUT2D eigenvalue weighted by molar-refractivity contribution is 14.1. The van der Waals surface area contributed by atoms with Gasteiger partial charge in [-0.2, -0.15) is 0 Å². The Bertz CT molecular complexity index is 452. The number of halogens is 1. The van der Waals surface area contributed by atoms with E-state index in [9.17, 15) is 0 Å². The van der Waals surface area contributed by atoms with E-state index in [1.165, 1.54) is 0 Å². The summed E-state index contributed by atoms with van der Waals surface area (Å²) in [5.74, 6) is 0. The maximum absolute atomic E-state index is 6.70. The van der Waals surface area contributed by atoms with Gasteiger partial charge in [-0.3, -0.25) is 0 Å². The summed E-state index contributed by atoms with van der Waals surface area (Å²) >= 11 is 2.30. The Morgan fingerprint density at radius 3 is 2.19 bits per heavy atom. The summed E-state index contributed by atoms with van der Waals surface area (Å²) in [5, 5.41) is 0.263. The Kier molecular flexibility index (Phi) is 4.32. The van der Waals surface area contributed by atoms with Crippen molar-refractivity contribution >= 4 is 30.9 Å². The molecule has 0 amide bonds. The molecule has 0 unspecified atom stereocenters. The molecular formula is C17H31IO2Si. The van der Waals surface area contributed by atoms with E-state index in [-0.39, 0.29) is 21.7 Å². The largest absolute Gasteiger partial charge is 0.414 e. The van der Waals surface area contributed by atoms with E-state index in [1.807, 2.05) is 0 Å². The van der Waals surface area contributed by atoms with Crippen molar-refractivity contribution in [2.75, 3.05) is 0 Å². The number of ether oxygens (including phenoxy) is 1. The summed E-state index contributed by atoms with van der Waals surface area (Å²) in [6, 6.07) is 0. The van der Waals surface area contributed by atoms with Gasteiger partial charge in [-0.15, -0.1) is 0 Å². The average molecular weight is 422 g/mol. The number of hydrogen-bond acceptors (Lipinski definition) is 2. The number of rotatable bonds is 3. The summed E-state index contributed by atoms with van der Waals surface area (Å²) < 4.78 is 15.1. The van der Waals surface area contributed by atoms with Gasteiger partial charge in [-0.1, -0.05) is 57.2 Å². The van der Waals surface area contributed by atoms with Gasteiger partial charge in [0.05, 0.1) is 0 Å². The van der Waals surface area contributed by atoms with Gasteiger partial charge >= 0.3 is 0 Å². The van der Waals surface area contributed by atoms with E-state index in [1.54, 1.807) is 0 Å². The quantitative estimate of drug-likeness (QED) is 0.332. The Hall–Kier alpha value is 0.607. The molecule has 2 rings (SSSR count). The van der Waals surface area contributed by atoms with Crippen molar-refractivity contribution in [1.82, 2.24) is 0 Å². The first-order valence-electron chi connectivity index (χ1n) is 7.96. The SMILES string of the molecule is CC1(C)C[C@H](O[Si](C)(C)C(C)(C)C)C[C@@]2(C)O[C@@]12/C=C\I. The van der Waals surface area contributed by atoms with Crippen LogP contribution in [0.25, 0.3) is 0 Å². The Morgan fingerprint density at radius 1 is 1.19 bits per heavy atom. The fourth-order valence-electron chi connectivity index (χ4n) is 3.81. The van der Waals surface area contributed by atoms with E-state index in [0.29, 0.717) is 6.10 Å². The number of fused-ring (bicyclic) bond motifs is 1. The molecule has 0 radical (unpaired) electrons. The summed E-state index contributed by atoms with van der Waals surface area (Å²) in [7, 11) is -1.72. The Balaban J connectivity index is 2.19. The molecule has 1 saturated heterocycles. The van der Waals surface area contributed by atoms with Crippen molar-refractivity contribution in [3.63, 3.8) is 0 Å². The van der Waals surface area contributed by atoms with E-state index in [0.717, 1.165) is 12.8 Å². The lowest BCUT2D eigenvalue weighted by molar-refractivity contribution is 0.0588. The summed E-state index contributed by atoms with van der Waals surface area (Å²) in [6.07, 6.45) is 4.68. The van der Waals surface area contributed by atoms with Crippen LogP contribution in [-0.4, -0.2) is 25.6 Å². The molecule has 1 aliphatic heterocycles. The van der Waals surface area contributed by atoms with Gasteiger partial charge in [0.2, 0.25) is 0 Å². The molecule has 2 fully saturated rings. The third-order valence-electron chi connectivity index (χ3n) is 6.06. The predicted octanol–water partition coefficient (Wildman–Crippen LogP) is 5.67. The van der Waals surface area contributed by atoms with Crippen LogP contribution in [0.4, 0.5) is 0 Å². The zero-order chi connectivity index (χ0) is 16.3. The van der Waals surface area contributed by atoms with E-state index < -0.39 is 8.32 Å². The van der Waals surface area contributed by atoms with Gasteiger partial charge in [0.1, 0.15) is 11.2 Å².